The van der Waals surface area contributed by atoms with E-state index in [1.807, 2.05) is 0 Å². The first-order valence-corrected chi connectivity index (χ1v) is 5.59. The Morgan fingerprint density at radius 3 is 2.80 bits per heavy atom. The average Bonchev–Trinajstić information content (AvgIpc) is 2.42. The van der Waals surface area contributed by atoms with Gasteiger partial charge in [-0.1, -0.05) is 6.42 Å². The van der Waals surface area contributed by atoms with Gasteiger partial charge in [0.05, 0.1) is 13.2 Å². The molecule has 1 N–H and O–H groups in total. The van der Waals surface area contributed by atoms with Gasteiger partial charge in [0.25, 0.3) is 0 Å². The molecule has 1 aliphatic carbocycles. The summed E-state index contributed by atoms with van der Waals surface area (Å²) in [6.45, 7) is 2.80. The summed E-state index contributed by atoms with van der Waals surface area (Å²) < 4.78 is 5.24. The lowest BCUT2D eigenvalue weighted by Crippen LogP contribution is -2.39. The van der Waals surface area contributed by atoms with Gasteiger partial charge >= 0.3 is 5.97 Å². The molecule has 1 aliphatic heterocycles. The van der Waals surface area contributed by atoms with Crippen LogP contribution in [-0.4, -0.2) is 49.3 Å². The van der Waals surface area contributed by atoms with Gasteiger partial charge in [-0.15, -0.1) is 0 Å². The van der Waals surface area contributed by atoms with Crippen LogP contribution in [0.4, 0.5) is 0 Å². The highest BCUT2D eigenvalue weighted by molar-refractivity contribution is 5.69. The third kappa shape index (κ3) is 2.01. The molecule has 2 fully saturated rings. The predicted molar refractivity (Wildman–Crippen MR) is 55.7 cm³/mol. The molecule has 4 nitrogen and oxygen atoms in total. The number of hydrogen-bond donors (Lipinski definition) is 1. The van der Waals surface area contributed by atoms with E-state index in [0.717, 1.165) is 19.7 Å². The van der Waals surface area contributed by atoms with Crippen molar-refractivity contribution in [1.82, 2.24) is 4.90 Å². The van der Waals surface area contributed by atoms with Crippen molar-refractivity contribution in [3.8, 4) is 0 Å². The minimum absolute atomic E-state index is 0.183. The lowest BCUT2D eigenvalue weighted by atomic mass is 9.63. The first-order valence-electron chi connectivity index (χ1n) is 5.59. The number of likely N-dealkylation sites (tertiary alicyclic amines) is 1. The second-order valence-electron chi connectivity index (χ2n) is 4.93. The Kier molecular flexibility index (Phi) is 2.98. The van der Waals surface area contributed by atoms with Crippen molar-refractivity contribution in [2.45, 2.75) is 19.3 Å². The summed E-state index contributed by atoms with van der Waals surface area (Å²) in [4.78, 5) is 12.7. The van der Waals surface area contributed by atoms with Crippen LogP contribution in [0.3, 0.4) is 0 Å². The molecule has 2 aliphatic rings. The van der Waals surface area contributed by atoms with Gasteiger partial charge in [0, 0.05) is 26.1 Å². The molecule has 1 unspecified atom stereocenters. The third-order valence-corrected chi connectivity index (χ3v) is 3.96. The summed E-state index contributed by atoms with van der Waals surface area (Å²) in [5.41, 5.74) is 0.380. The lowest BCUT2D eigenvalue weighted by molar-refractivity contribution is -0.138. The van der Waals surface area contributed by atoms with E-state index in [2.05, 4.69) is 4.90 Å². The molecular formula is C11H19NO3. The normalized spacial score (nSPS) is 29.3. The van der Waals surface area contributed by atoms with Crippen LogP contribution in [0.1, 0.15) is 19.3 Å². The lowest BCUT2D eigenvalue weighted by Gasteiger charge is -2.42. The van der Waals surface area contributed by atoms with Crippen molar-refractivity contribution < 1.29 is 14.6 Å². The Balaban J connectivity index is 1.96. The van der Waals surface area contributed by atoms with E-state index in [-0.39, 0.29) is 6.54 Å². The Labute approximate surface area is 90.2 Å². The minimum atomic E-state index is -0.720. The molecule has 1 spiro atoms. The Bertz CT molecular complexity index is 250. The largest absolute Gasteiger partial charge is 0.480 e. The van der Waals surface area contributed by atoms with E-state index in [4.69, 9.17) is 9.84 Å². The zero-order valence-electron chi connectivity index (χ0n) is 9.24. The van der Waals surface area contributed by atoms with Gasteiger partial charge in [-0.05, 0) is 18.3 Å². The number of methoxy groups -OCH3 is 1. The van der Waals surface area contributed by atoms with E-state index >= 15 is 0 Å². The van der Waals surface area contributed by atoms with Gasteiger partial charge < -0.3 is 9.84 Å². The fraction of sp³-hybridized carbons (Fsp3) is 0.909. The summed E-state index contributed by atoms with van der Waals surface area (Å²) in [5, 5.41) is 8.78. The second kappa shape index (κ2) is 4.10. The van der Waals surface area contributed by atoms with Crippen LogP contribution in [0.15, 0.2) is 0 Å². The molecule has 4 heteroatoms. The third-order valence-electron chi connectivity index (χ3n) is 3.96. The number of carboxylic acids is 1. The molecule has 0 bridgehead atoms. The quantitative estimate of drug-likeness (QED) is 0.751. The van der Waals surface area contributed by atoms with Crippen molar-refractivity contribution >= 4 is 5.97 Å². The molecule has 0 aromatic heterocycles. The first-order chi connectivity index (χ1) is 7.16. The van der Waals surface area contributed by atoms with Crippen molar-refractivity contribution in [3.05, 3.63) is 0 Å². The van der Waals surface area contributed by atoms with Gasteiger partial charge in [0.2, 0.25) is 0 Å². The molecule has 15 heavy (non-hydrogen) atoms. The molecule has 0 aromatic carbocycles. The Morgan fingerprint density at radius 1 is 1.60 bits per heavy atom. The maximum absolute atomic E-state index is 10.7. The number of carboxylic acid groups (broad SMARTS) is 1. The highest BCUT2D eigenvalue weighted by Crippen LogP contribution is 2.51. The van der Waals surface area contributed by atoms with Crippen molar-refractivity contribution in [1.29, 1.82) is 0 Å². The smallest absolute Gasteiger partial charge is 0.317 e. The topological polar surface area (TPSA) is 49.8 Å². The predicted octanol–water partition coefficient (Wildman–Crippen LogP) is 0.819. The molecule has 2 rings (SSSR count). The van der Waals surface area contributed by atoms with Gasteiger partial charge in [0.1, 0.15) is 0 Å². The monoisotopic (exact) mass is 213 g/mol. The summed E-state index contributed by atoms with van der Waals surface area (Å²) in [6.07, 6.45) is 3.79. The minimum Gasteiger partial charge on any atom is -0.480 e. The van der Waals surface area contributed by atoms with Gasteiger partial charge in [0.15, 0.2) is 0 Å². The molecule has 1 saturated carbocycles. The SMILES string of the molecule is COCC1CN(CC(=O)O)CC12CCC2. The average molecular weight is 213 g/mol. The Hall–Kier alpha value is -0.610. The standard InChI is InChI=1S/C11H19NO3/c1-15-7-9-5-12(6-10(13)14)8-11(9)3-2-4-11/h9H,2-8H2,1H3,(H,13,14). The summed E-state index contributed by atoms with van der Waals surface area (Å²) in [7, 11) is 1.73. The molecule has 0 amide bonds. The highest BCUT2D eigenvalue weighted by Gasteiger charge is 2.50. The molecular weight excluding hydrogens is 194 g/mol. The fourth-order valence-electron chi connectivity index (χ4n) is 3.08. The zero-order valence-corrected chi connectivity index (χ0v) is 9.24. The molecule has 0 aromatic rings. The van der Waals surface area contributed by atoms with E-state index in [1.54, 1.807) is 7.11 Å². The molecule has 1 heterocycles. The van der Waals surface area contributed by atoms with Gasteiger partial charge in [-0.25, -0.2) is 0 Å². The van der Waals surface area contributed by atoms with Crippen molar-refractivity contribution in [3.63, 3.8) is 0 Å². The maximum atomic E-state index is 10.7. The zero-order chi connectivity index (χ0) is 10.9. The molecule has 1 atom stereocenters. The summed E-state index contributed by atoms with van der Waals surface area (Å²) in [6, 6.07) is 0. The number of hydrogen-bond acceptors (Lipinski definition) is 3. The number of nitrogens with zero attached hydrogens (tertiary/aromatic N) is 1. The van der Waals surface area contributed by atoms with E-state index in [1.165, 1.54) is 19.3 Å². The van der Waals surface area contributed by atoms with E-state index in [0.29, 0.717) is 11.3 Å². The van der Waals surface area contributed by atoms with Crippen molar-refractivity contribution in [2.75, 3.05) is 33.4 Å². The summed E-state index contributed by atoms with van der Waals surface area (Å²) >= 11 is 0. The van der Waals surface area contributed by atoms with Crippen LogP contribution in [0.5, 0.6) is 0 Å². The maximum Gasteiger partial charge on any atom is 0.317 e. The van der Waals surface area contributed by atoms with Crippen LogP contribution in [0.2, 0.25) is 0 Å². The first kappa shape index (κ1) is 10.9. The van der Waals surface area contributed by atoms with Crippen LogP contribution in [0, 0.1) is 11.3 Å². The van der Waals surface area contributed by atoms with E-state index < -0.39 is 5.97 Å². The molecule has 86 valence electrons. The molecule has 1 saturated heterocycles. The fourth-order valence-corrected chi connectivity index (χ4v) is 3.08. The van der Waals surface area contributed by atoms with Crippen molar-refractivity contribution in [2.24, 2.45) is 11.3 Å². The van der Waals surface area contributed by atoms with Gasteiger partial charge in [-0.2, -0.15) is 0 Å². The Morgan fingerprint density at radius 2 is 2.33 bits per heavy atom. The van der Waals surface area contributed by atoms with Crippen LogP contribution in [0.25, 0.3) is 0 Å². The van der Waals surface area contributed by atoms with E-state index in [9.17, 15) is 4.79 Å². The van der Waals surface area contributed by atoms with Gasteiger partial charge in [-0.3, -0.25) is 9.69 Å². The number of rotatable bonds is 4. The second-order valence-corrected chi connectivity index (χ2v) is 4.93. The van der Waals surface area contributed by atoms with Crippen LogP contribution in [-0.2, 0) is 9.53 Å². The number of aliphatic carboxylic acids is 1. The number of ether oxygens (including phenoxy) is 1. The highest BCUT2D eigenvalue weighted by atomic mass is 16.5. The van der Waals surface area contributed by atoms with Crippen LogP contribution >= 0.6 is 0 Å². The van der Waals surface area contributed by atoms with Crippen LogP contribution < -0.4 is 0 Å². The molecule has 0 radical (unpaired) electrons. The summed E-state index contributed by atoms with van der Waals surface area (Å²) in [5.74, 6) is -0.182. The number of carbonyl (C=O) groups is 1.